The molecule has 9 heteroatoms. The van der Waals surface area contributed by atoms with Crippen LogP contribution in [0, 0.1) is 11.7 Å². The number of nitrogens with zero attached hydrogens (tertiary/aromatic N) is 3. The standard InChI is InChI=1S/C17H13FN4O3S/c18-11-3-5-12(6-4-11)22-9-10(8-14(22)23)15(24)19-17-21-20-16(25-17)13-2-1-7-26-13/h1-7,10H,8-9H2,(H,19,21,24)/t10-/m1/s1. The average molecular weight is 372 g/mol. The fourth-order valence-electron chi connectivity index (χ4n) is 2.73. The maximum absolute atomic E-state index is 13.0. The maximum atomic E-state index is 13.0. The number of nitrogens with one attached hydrogen (secondary N) is 1. The van der Waals surface area contributed by atoms with Gasteiger partial charge in [0.15, 0.2) is 0 Å². The number of carbonyl (C=O) groups excluding carboxylic acids is 2. The Bertz CT molecular complexity index is 939. The lowest BCUT2D eigenvalue weighted by molar-refractivity contribution is -0.122. The van der Waals surface area contributed by atoms with Crippen molar-refractivity contribution in [1.29, 1.82) is 0 Å². The molecule has 1 atom stereocenters. The highest BCUT2D eigenvalue weighted by Crippen LogP contribution is 2.27. The van der Waals surface area contributed by atoms with Crippen LogP contribution in [0.1, 0.15) is 6.42 Å². The van der Waals surface area contributed by atoms with Gasteiger partial charge in [-0.25, -0.2) is 4.39 Å². The third-order valence-electron chi connectivity index (χ3n) is 4.02. The summed E-state index contributed by atoms with van der Waals surface area (Å²) in [7, 11) is 0. The van der Waals surface area contributed by atoms with Gasteiger partial charge in [-0.05, 0) is 35.7 Å². The number of carbonyl (C=O) groups is 2. The number of halogens is 1. The van der Waals surface area contributed by atoms with E-state index in [1.165, 1.54) is 40.5 Å². The van der Waals surface area contributed by atoms with E-state index < -0.39 is 5.92 Å². The Balaban J connectivity index is 1.43. The number of rotatable bonds is 4. The van der Waals surface area contributed by atoms with Gasteiger partial charge in [-0.1, -0.05) is 11.2 Å². The van der Waals surface area contributed by atoms with Crippen LogP contribution < -0.4 is 10.2 Å². The molecule has 2 aromatic heterocycles. The second-order valence-electron chi connectivity index (χ2n) is 5.76. The molecule has 7 nitrogen and oxygen atoms in total. The summed E-state index contributed by atoms with van der Waals surface area (Å²) in [4.78, 5) is 26.9. The third-order valence-corrected chi connectivity index (χ3v) is 4.88. The molecule has 1 N–H and O–H groups in total. The van der Waals surface area contributed by atoms with E-state index in [-0.39, 0.29) is 36.6 Å². The summed E-state index contributed by atoms with van der Waals surface area (Å²) in [6.45, 7) is 0.211. The molecule has 0 spiro atoms. The Morgan fingerprint density at radius 1 is 1.27 bits per heavy atom. The highest BCUT2D eigenvalue weighted by Gasteiger charge is 2.35. The van der Waals surface area contributed by atoms with Gasteiger partial charge in [0.25, 0.3) is 5.89 Å². The Morgan fingerprint density at radius 2 is 2.08 bits per heavy atom. The molecule has 0 aliphatic carbocycles. The first kappa shape index (κ1) is 16.4. The molecule has 1 aliphatic heterocycles. The Hall–Kier alpha value is -3.07. The first-order chi connectivity index (χ1) is 12.6. The van der Waals surface area contributed by atoms with Crippen molar-refractivity contribution in [3.63, 3.8) is 0 Å². The second-order valence-corrected chi connectivity index (χ2v) is 6.71. The Labute approximate surface area is 151 Å². The number of aromatic nitrogens is 2. The molecular formula is C17H13FN4O3S. The minimum Gasteiger partial charge on any atom is -0.402 e. The Kier molecular flexibility index (Phi) is 4.21. The predicted octanol–water partition coefficient (Wildman–Crippen LogP) is 2.93. The number of hydrogen-bond acceptors (Lipinski definition) is 6. The zero-order valence-electron chi connectivity index (χ0n) is 13.4. The van der Waals surface area contributed by atoms with Crippen LogP contribution in [-0.2, 0) is 9.59 Å². The quantitative estimate of drug-likeness (QED) is 0.761. The van der Waals surface area contributed by atoms with E-state index in [0.29, 0.717) is 11.6 Å². The lowest BCUT2D eigenvalue weighted by atomic mass is 10.1. The van der Waals surface area contributed by atoms with Gasteiger partial charge in [0, 0.05) is 18.7 Å². The molecule has 0 bridgehead atoms. The van der Waals surface area contributed by atoms with Gasteiger partial charge in [0.2, 0.25) is 11.8 Å². The minimum atomic E-state index is -0.551. The molecular weight excluding hydrogens is 359 g/mol. The molecule has 4 rings (SSSR count). The molecule has 1 fully saturated rings. The molecule has 3 heterocycles. The topological polar surface area (TPSA) is 88.3 Å². The SMILES string of the molecule is O=C(Nc1nnc(-c2cccs2)o1)[C@@H]1CC(=O)N(c2ccc(F)cc2)C1. The summed E-state index contributed by atoms with van der Waals surface area (Å²) in [5.74, 6) is -1.17. The van der Waals surface area contributed by atoms with Crippen molar-refractivity contribution >= 4 is 34.9 Å². The number of benzene rings is 1. The van der Waals surface area contributed by atoms with E-state index >= 15 is 0 Å². The van der Waals surface area contributed by atoms with Crippen LogP contribution >= 0.6 is 11.3 Å². The molecule has 1 aromatic carbocycles. The Morgan fingerprint density at radius 3 is 2.81 bits per heavy atom. The largest absolute Gasteiger partial charge is 0.402 e. The highest BCUT2D eigenvalue weighted by atomic mass is 32.1. The highest BCUT2D eigenvalue weighted by molar-refractivity contribution is 7.13. The molecule has 132 valence electrons. The number of anilines is 2. The number of thiophene rings is 1. The number of hydrogen-bond donors (Lipinski definition) is 1. The maximum Gasteiger partial charge on any atom is 0.322 e. The van der Waals surface area contributed by atoms with Gasteiger partial charge in [0.05, 0.1) is 10.8 Å². The van der Waals surface area contributed by atoms with Gasteiger partial charge < -0.3 is 9.32 Å². The van der Waals surface area contributed by atoms with Gasteiger partial charge >= 0.3 is 6.01 Å². The van der Waals surface area contributed by atoms with Crippen LogP contribution in [0.2, 0.25) is 0 Å². The van der Waals surface area contributed by atoms with E-state index in [4.69, 9.17) is 4.42 Å². The molecule has 1 aliphatic rings. The summed E-state index contributed by atoms with van der Waals surface area (Å²) in [5.41, 5.74) is 0.560. The number of amides is 2. The fourth-order valence-corrected chi connectivity index (χ4v) is 3.38. The van der Waals surface area contributed by atoms with E-state index in [9.17, 15) is 14.0 Å². The first-order valence-electron chi connectivity index (χ1n) is 7.84. The van der Waals surface area contributed by atoms with Gasteiger partial charge in [-0.15, -0.1) is 16.4 Å². The van der Waals surface area contributed by atoms with Crippen molar-refractivity contribution in [1.82, 2.24) is 10.2 Å². The van der Waals surface area contributed by atoms with Crippen LogP contribution in [0.15, 0.2) is 46.2 Å². The fraction of sp³-hybridized carbons (Fsp3) is 0.176. The van der Waals surface area contributed by atoms with Crippen molar-refractivity contribution in [3.8, 4) is 10.8 Å². The lowest BCUT2D eigenvalue weighted by Gasteiger charge is -2.16. The molecule has 0 unspecified atom stereocenters. The van der Waals surface area contributed by atoms with Gasteiger partial charge in [-0.2, -0.15) is 0 Å². The average Bonchev–Trinajstić information content (AvgIpc) is 3.36. The summed E-state index contributed by atoms with van der Waals surface area (Å²) in [6.07, 6.45) is 0.0646. The second kappa shape index (κ2) is 6.68. The predicted molar refractivity (Wildman–Crippen MR) is 93.1 cm³/mol. The molecule has 26 heavy (non-hydrogen) atoms. The third kappa shape index (κ3) is 3.21. The van der Waals surface area contributed by atoms with E-state index in [0.717, 1.165) is 4.88 Å². The van der Waals surface area contributed by atoms with Crippen LogP contribution in [0.5, 0.6) is 0 Å². The van der Waals surface area contributed by atoms with E-state index in [2.05, 4.69) is 15.5 Å². The van der Waals surface area contributed by atoms with Crippen molar-refractivity contribution in [2.24, 2.45) is 5.92 Å². The van der Waals surface area contributed by atoms with Crippen molar-refractivity contribution in [2.75, 3.05) is 16.8 Å². The zero-order chi connectivity index (χ0) is 18.1. The molecule has 0 radical (unpaired) electrons. The minimum absolute atomic E-state index is 0.00826. The summed E-state index contributed by atoms with van der Waals surface area (Å²) >= 11 is 1.45. The first-order valence-corrected chi connectivity index (χ1v) is 8.72. The van der Waals surface area contributed by atoms with Crippen molar-refractivity contribution in [3.05, 3.63) is 47.6 Å². The van der Waals surface area contributed by atoms with Crippen molar-refractivity contribution < 1.29 is 18.4 Å². The molecule has 2 amide bonds. The summed E-state index contributed by atoms with van der Waals surface area (Å²) in [6, 6.07) is 9.26. The van der Waals surface area contributed by atoms with Crippen LogP contribution in [-0.4, -0.2) is 28.6 Å². The normalized spacial score (nSPS) is 16.9. The van der Waals surface area contributed by atoms with Crippen LogP contribution in [0.25, 0.3) is 10.8 Å². The summed E-state index contributed by atoms with van der Waals surface area (Å²) in [5, 5.41) is 12.1. The smallest absolute Gasteiger partial charge is 0.322 e. The van der Waals surface area contributed by atoms with E-state index in [1.54, 1.807) is 0 Å². The van der Waals surface area contributed by atoms with Gasteiger partial charge in [0.1, 0.15) is 5.82 Å². The lowest BCUT2D eigenvalue weighted by Crippen LogP contribution is -2.28. The molecule has 0 saturated carbocycles. The monoisotopic (exact) mass is 372 g/mol. The van der Waals surface area contributed by atoms with Crippen LogP contribution in [0.3, 0.4) is 0 Å². The van der Waals surface area contributed by atoms with Gasteiger partial charge in [-0.3, -0.25) is 14.9 Å². The van der Waals surface area contributed by atoms with E-state index in [1.807, 2.05) is 17.5 Å². The molecule has 3 aromatic rings. The summed E-state index contributed by atoms with van der Waals surface area (Å²) < 4.78 is 18.5. The zero-order valence-corrected chi connectivity index (χ0v) is 14.2. The van der Waals surface area contributed by atoms with Crippen molar-refractivity contribution in [2.45, 2.75) is 6.42 Å². The molecule has 1 saturated heterocycles. The van der Waals surface area contributed by atoms with Crippen LogP contribution in [0.4, 0.5) is 16.1 Å².